The highest BCUT2D eigenvalue weighted by Gasteiger charge is 2.29. The zero-order chi connectivity index (χ0) is 16.9. The van der Waals surface area contributed by atoms with Gasteiger partial charge in [-0.15, -0.1) is 0 Å². The maximum absolute atomic E-state index is 12.9. The first-order valence-electron chi connectivity index (χ1n) is 8.07. The van der Waals surface area contributed by atoms with Gasteiger partial charge in [0.05, 0.1) is 11.4 Å². The van der Waals surface area contributed by atoms with Crippen molar-refractivity contribution in [1.82, 2.24) is 0 Å². The Morgan fingerprint density at radius 3 is 2.42 bits per heavy atom. The lowest BCUT2D eigenvalue weighted by atomic mass is 10.2. The van der Waals surface area contributed by atoms with Crippen LogP contribution < -0.4 is 4.74 Å². The normalized spacial score (nSPS) is 21.6. The number of halogens is 1. The molecule has 2 aromatic carbocycles. The summed E-state index contributed by atoms with van der Waals surface area (Å²) in [6.07, 6.45) is 0.941. The molecule has 0 bridgehead atoms. The molecule has 1 heterocycles. The molecule has 1 aliphatic heterocycles. The maximum Gasteiger partial charge on any atom is 0.123 e. The molecule has 3 rings (SSSR count). The van der Waals surface area contributed by atoms with Gasteiger partial charge in [-0.25, -0.2) is 4.39 Å². The Morgan fingerprint density at radius 1 is 1.12 bits per heavy atom. The van der Waals surface area contributed by atoms with Gasteiger partial charge < -0.3 is 9.47 Å². The summed E-state index contributed by atoms with van der Waals surface area (Å²) in [5, 5.41) is 0.124. The highest BCUT2D eigenvalue weighted by atomic mass is 32.2. The highest BCUT2D eigenvalue weighted by molar-refractivity contribution is 7.84. The lowest BCUT2D eigenvalue weighted by Gasteiger charge is -2.14. The molecular formula is C19H21FO3S. The molecule has 2 aromatic rings. The van der Waals surface area contributed by atoms with Gasteiger partial charge in [0.1, 0.15) is 18.2 Å². The molecule has 1 saturated heterocycles. The van der Waals surface area contributed by atoms with Crippen molar-refractivity contribution < 1.29 is 18.1 Å². The SMILES string of the molecule is C[C@@H]1OCC[C@H]1[S@](=O)Cc1ccc(OCc2ccc(F)cc2)cc1. The molecule has 0 amide bonds. The van der Waals surface area contributed by atoms with Gasteiger partial charge >= 0.3 is 0 Å². The summed E-state index contributed by atoms with van der Waals surface area (Å²) in [6, 6.07) is 13.9. The minimum Gasteiger partial charge on any atom is -0.489 e. The highest BCUT2D eigenvalue weighted by Crippen LogP contribution is 2.22. The third-order valence-corrected chi connectivity index (χ3v) is 6.11. The van der Waals surface area contributed by atoms with Gasteiger partial charge in [0.15, 0.2) is 0 Å². The van der Waals surface area contributed by atoms with Crippen LogP contribution in [-0.4, -0.2) is 22.2 Å². The van der Waals surface area contributed by atoms with E-state index in [-0.39, 0.29) is 17.2 Å². The van der Waals surface area contributed by atoms with Crippen LogP contribution in [0.2, 0.25) is 0 Å². The van der Waals surface area contributed by atoms with Crippen LogP contribution >= 0.6 is 0 Å². The van der Waals surface area contributed by atoms with E-state index in [0.717, 1.165) is 23.3 Å². The first-order chi connectivity index (χ1) is 11.6. The third-order valence-electron chi connectivity index (χ3n) is 4.20. The average Bonchev–Trinajstić information content (AvgIpc) is 3.02. The van der Waals surface area contributed by atoms with Crippen LogP contribution in [0.25, 0.3) is 0 Å². The number of hydrogen-bond acceptors (Lipinski definition) is 3. The fourth-order valence-electron chi connectivity index (χ4n) is 2.76. The van der Waals surface area contributed by atoms with Gasteiger partial charge in [0.25, 0.3) is 0 Å². The molecule has 24 heavy (non-hydrogen) atoms. The lowest BCUT2D eigenvalue weighted by molar-refractivity contribution is 0.127. The van der Waals surface area contributed by atoms with Crippen LogP contribution in [0.4, 0.5) is 4.39 Å². The Hall–Kier alpha value is -1.72. The second-order valence-corrected chi connectivity index (χ2v) is 7.64. The summed E-state index contributed by atoms with van der Waals surface area (Å²) >= 11 is 0. The van der Waals surface area contributed by atoms with Crippen molar-refractivity contribution in [3.8, 4) is 5.75 Å². The summed E-state index contributed by atoms with van der Waals surface area (Å²) in [7, 11) is -0.920. The largest absolute Gasteiger partial charge is 0.489 e. The van der Waals surface area contributed by atoms with Crippen molar-refractivity contribution in [2.24, 2.45) is 0 Å². The molecule has 0 unspecified atom stereocenters. The van der Waals surface area contributed by atoms with Gasteiger partial charge in [0.2, 0.25) is 0 Å². The number of rotatable bonds is 6. The summed E-state index contributed by atoms with van der Waals surface area (Å²) in [6.45, 7) is 3.08. The maximum atomic E-state index is 12.9. The average molecular weight is 348 g/mol. The van der Waals surface area contributed by atoms with Crippen molar-refractivity contribution >= 4 is 10.8 Å². The molecule has 0 spiro atoms. The fraction of sp³-hybridized carbons (Fsp3) is 0.368. The van der Waals surface area contributed by atoms with Crippen LogP contribution in [0, 0.1) is 5.82 Å². The minimum absolute atomic E-state index is 0.0733. The Balaban J connectivity index is 1.53. The van der Waals surface area contributed by atoms with Crippen LogP contribution in [0.5, 0.6) is 5.75 Å². The molecule has 0 aromatic heterocycles. The molecule has 0 aliphatic carbocycles. The number of benzene rings is 2. The van der Waals surface area contributed by atoms with E-state index in [2.05, 4.69) is 0 Å². The Kier molecular flexibility index (Phi) is 5.63. The van der Waals surface area contributed by atoms with E-state index < -0.39 is 10.8 Å². The Bertz CT molecular complexity index is 685. The van der Waals surface area contributed by atoms with Gasteiger partial charge in [-0.1, -0.05) is 24.3 Å². The van der Waals surface area contributed by atoms with Gasteiger partial charge in [-0.3, -0.25) is 4.21 Å². The monoisotopic (exact) mass is 348 g/mol. The van der Waals surface area contributed by atoms with Gasteiger partial charge in [-0.05, 0) is 48.7 Å². The summed E-state index contributed by atoms with van der Waals surface area (Å²) in [5.41, 5.74) is 1.94. The zero-order valence-corrected chi connectivity index (χ0v) is 14.4. The molecule has 3 nitrogen and oxygen atoms in total. The van der Waals surface area contributed by atoms with E-state index in [4.69, 9.17) is 9.47 Å². The molecular weight excluding hydrogens is 327 g/mol. The summed E-state index contributed by atoms with van der Waals surface area (Å²) < 4.78 is 36.5. The van der Waals surface area contributed by atoms with E-state index in [0.29, 0.717) is 19.0 Å². The molecule has 5 heteroatoms. The zero-order valence-electron chi connectivity index (χ0n) is 13.6. The summed E-state index contributed by atoms with van der Waals surface area (Å²) in [4.78, 5) is 0. The molecule has 1 aliphatic rings. The molecule has 3 atom stereocenters. The first-order valence-corrected chi connectivity index (χ1v) is 9.45. The molecule has 128 valence electrons. The predicted molar refractivity (Wildman–Crippen MR) is 92.8 cm³/mol. The Labute approximate surface area is 144 Å². The lowest BCUT2D eigenvalue weighted by Crippen LogP contribution is -2.24. The second kappa shape index (κ2) is 7.90. The van der Waals surface area contributed by atoms with E-state index in [1.165, 1.54) is 12.1 Å². The molecule has 0 N–H and O–H groups in total. The standard InChI is InChI=1S/C19H21FO3S/c1-14-19(10-11-22-14)24(21)13-16-4-8-18(9-5-16)23-12-15-2-6-17(20)7-3-15/h2-9,14,19H,10-13H2,1H3/t14-,19+,24+/m0/s1. The van der Waals surface area contributed by atoms with E-state index in [1.54, 1.807) is 12.1 Å². The van der Waals surface area contributed by atoms with Crippen LogP contribution in [0.3, 0.4) is 0 Å². The number of ether oxygens (including phenoxy) is 2. The second-order valence-electron chi connectivity index (χ2n) is 5.99. The minimum atomic E-state index is -0.920. The predicted octanol–water partition coefficient (Wildman–Crippen LogP) is 3.83. The van der Waals surface area contributed by atoms with E-state index in [9.17, 15) is 8.60 Å². The van der Waals surface area contributed by atoms with Gasteiger partial charge in [0, 0.05) is 23.2 Å². The van der Waals surface area contributed by atoms with Crippen molar-refractivity contribution in [3.63, 3.8) is 0 Å². The quantitative estimate of drug-likeness (QED) is 0.796. The third kappa shape index (κ3) is 4.42. The van der Waals surface area contributed by atoms with Crippen molar-refractivity contribution in [3.05, 3.63) is 65.5 Å². The van der Waals surface area contributed by atoms with Crippen molar-refractivity contribution in [2.45, 2.75) is 37.1 Å². The fourth-order valence-corrected chi connectivity index (χ4v) is 4.36. The van der Waals surface area contributed by atoms with Crippen molar-refractivity contribution in [1.29, 1.82) is 0 Å². The molecule has 1 fully saturated rings. The van der Waals surface area contributed by atoms with Crippen LogP contribution in [0.1, 0.15) is 24.5 Å². The van der Waals surface area contributed by atoms with Gasteiger partial charge in [-0.2, -0.15) is 0 Å². The Morgan fingerprint density at radius 2 is 1.79 bits per heavy atom. The van der Waals surface area contributed by atoms with Crippen LogP contribution in [-0.2, 0) is 27.9 Å². The smallest absolute Gasteiger partial charge is 0.123 e. The topological polar surface area (TPSA) is 35.5 Å². The van der Waals surface area contributed by atoms with Crippen molar-refractivity contribution in [2.75, 3.05) is 6.61 Å². The first kappa shape index (κ1) is 17.1. The van der Waals surface area contributed by atoms with E-state index in [1.807, 2.05) is 31.2 Å². The summed E-state index contributed by atoms with van der Waals surface area (Å²) in [5.74, 6) is 1.03. The molecule has 0 radical (unpaired) electrons. The molecule has 0 saturated carbocycles. The van der Waals surface area contributed by atoms with E-state index >= 15 is 0 Å². The number of hydrogen-bond donors (Lipinski definition) is 0. The van der Waals surface area contributed by atoms with Crippen LogP contribution in [0.15, 0.2) is 48.5 Å².